The minimum Gasteiger partial charge on any atom is -0.480 e. The van der Waals surface area contributed by atoms with Crippen molar-refractivity contribution in [1.29, 1.82) is 0 Å². The summed E-state index contributed by atoms with van der Waals surface area (Å²) in [4.78, 5) is 25.3. The van der Waals surface area contributed by atoms with Crippen LogP contribution in [0.1, 0.15) is 37.3 Å². The summed E-state index contributed by atoms with van der Waals surface area (Å²) >= 11 is 0. The lowest BCUT2D eigenvalue weighted by Gasteiger charge is -2.25. The van der Waals surface area contributed by atoms with Crippen LogP contribution in [0.25, 0.3) is 11.1 Å². The fourth-order valence-corrected chi connectivity index (χ4v) is 3.69. The molecule has 1 atom stereocenters. The maximum Gasteiger partial charge on any atom is 0.410 e. The van der Waals surface area contributed by atoms with E-state index >= 15 is 0 Å². The topological polar surface area (TPSA) is 76.1 Å². The Labute approximate surface area is 177 Å². The second-order valence-corrected chi connectivity index (χ2v) is 8.03. The number of hydrogen-bond acceptors (Lipinski definition) is 4. The summed E-state index contributed by atoms with van der Waals surface area (Å²) < 4.78 is 11.0. The Morgan fingerprint density at radius 1 is 1.03 bits per heavy atom. The Morgan fingerprint density at radius 2 is 1.60 bits per heavy atom. The number of carbonyl (C=O) groups is 2. The van der Waals surface area contributed by atoms with Crippen LogP contribution >= 0.6 is 0 Å². The van der Waals surface area contributed by atoms with Gasteiger partial charge in [-0.15, -0.1) is 0 Å². The number of ether oxygens (including phenoxy) is 2. The lowest BCUT2D eigenvalue weighted by molar-refractivity contribution is -0.144. The predicted octanol–water partition coefficient (Wildman–Crippen LogP) is 4.38. The van der Waals surface area contributed by atoms with Gasteiger partial charge in [0, 0.05) is 19.6 Å². The molecule has 6 heteroatoms. The first kappa shape index (κ1) is 21.8. The van der Waals surface area contributed by atoms with E-state index in [0.717, 1.165) is 33.6 Å². The summed E-state index contributed by atoms with van der Waals surface area (Å²) in [5.41, 5.74) is 4.51. The number of aliphatic carboxylic acids is 1. The van der Waals surface area contributed by atoms with E-state index in [0.29, 0.717) is 12.5 Å². The molecule has 0 saturated heterocycles. The van der Waals surface area contributed by atoms with Gasteiger partial charge < -0.3 is 14.6 Å². The van der Waals surface area contributed by atoms with E-state index in [9.17, 15) is 14.7 Å². The molecule has 6 nitrogen and oxygen atoms in total. The average molecular weight is 411 g/mol. The largest absolute Gasteiger partial charge is 0.480 e. The standard InChI is InChI=1S/C24H29NO5/c1-16(2)12-13-29-15-22(23(26)27)25(3)24(28)30-14-21-19-10-6-4-8-17(19)18-9-5-7-11-20(18)21/h4-11,16,21-22H,12-15H2,1-3H3,(H,26,27)/t22-/m1/s1. The number of likely N-dealkylation sites (N-methyl/N-ethyl adjacent to an activating group) is 1. The summed E-state index contributed by atoms with van der Waals surface area (Å²) in [6, 6.07) is 15.1. The third kappa shape index (κ3) is 4.82. The van der Waals surface area contributed by atoms with Gasteiger partial charge in [0.15, 0.2) is 6.04 Å². The van der Waals surface area contributed by atoms with E-state index in [2.05, 4.69) is 26.0 Å². The summed E-state index contributed by atoms with van der Waals surface area (Å²) in [6.45, 7) is 4.68. The lowest BCUT2D eigenvalue weighted by atomic mass is 9.98. The predicted molar refractivity (Wildman–Crippen MR) is 115 cm³/mol. The highest BCUT2D eigenvalue weighted by atomic mass is 16.6. The molecule has 160 valence electrons. The first-order chi connectivity index (χ1) is 14.4. The Bertz CT molecular complexity index is 849. The SMILES string of the molecule is CC(C)CCOC[C@H](C(=O)O)N(C)C(=O)OCC1c2ccccc2-c2ccccc21. The molecule has 1 aliphatic rings. The molecule has 3 rings (SSSR count). The number of amides is 1. The van der Waals surface area contributed by atoms with E-state index in [1.54, 1.807) is 0 Å². The summed E-state index contributed by atoms with van der Waals surface area (Å²) in [6.07, 6.45) is 0.165. The summed E-state index contributed by atoms with van der Waals surface area (Å²) in [5, 5.41) is 9.51. The fourth-order valence-electron chi connectivity index (χ4n) is 3.69. The molecular formula is C24H29NO5. The number of carboxylic acid groups (broad SMARTS) is 1. The molecule has 0 radical (unpaired) electrons. The van der Waals surface area contributed by atoms with Crippen molar-refractivity contribution in [2.24, 2.45) is 5.92 Å². The van der Waals surface area contributed by atoms with Gasteiger partial charge in [0.25, 0.3) is 0 Å². The second-order valence-electron chi connectivity index (χ2n) is 8.03. The van der Waals surface area contributed by atoms with Crippen LogP contribution in [0.2, 0.25) is 0 Å². The van der Waals surface area contributed by atoms with Crippen LogP contribution in [-0.2, 0) is 14.3 Å². The lowest BCUT2D eigenvalue weighted by Crippen LogP contribution is -2.46. The Kier molecular flexibility index (Phi) is 7.11. The van der Waals surface area contributed by atoms with Crippen molar-refractivity contribution in [2.45, 2.75) is 32.2 Å². The zero-order chi connectivity index (χ0) is 21.7. The molecule has 0 spiro atoms. The average Bonchev–Trinajstić information content (AvgIpc) is 3.05. The monoisotopic (exact) mass is 411 g/mol. The van der Waals surface area contributed by atoms with Crippen LogP contribution in [-0.4, -0.2) is 55.0 Å². The smallest absolute Gasteiger partial charge is 0.410 e. The van der Waals surface area contributed by atoms with Crippen LogP contribution in [0.5, 0.6) is 0 Å². The van der Waals surface area contributed by atoms with Gasteiger partial charge >= 0.3 is 12.1 Å². The van der Waals surface area contributed by atoms with Gasteiger partial charge in [-0.3, -0.25) is 4.90 Å². The molecule has 0 bridgehead atoms. The van der Waals surface area contributed by atoms with E-state index in [1.807, 2.05) is 36.4 Å². The quantitative estimate of drug-likeness (QED) is 0.620. The van der Waals surface area contributed by atoms with Crippen LogP contribution in [0.15, 0.2) is 48.5 Å². The molecule has 0 saturated carbocycles. The normalized spacial score (nSPS) is 13.6. The molecule has 0 aromatic heterocycles. The van der Waals surface area contributed by atoms with Gasteiger partial charge in [0.05, 0.1) is 6.61 Å². The summed E-state index contributed by atoms with van der Waals surface area (Å²) in [5.74, 6) is -0.719. The second kappa shape index (κ2) is 9.76. The van der Waals surface area contributed by atoms with Gasteiger partial charge in [0.1, 0.15) is 6.61 Å². The van der Waals surface area contributed by atoms with Crippen molar-refractivity contribution in [3.05, 3.63) is 59.7 Å². The Hall–Kier alpha value is -2.86. The van der Waals surface area contributed by atoms with Crippen molar-refractivity contribution in [2.75, 3.05) is 26.9 Å². The van der Waals surface area contributed by atoms with E-state index in [1.165, 1.54) is 7.05 Å². The van der Waals surface area contributed by atoms with Gasteiger partial charge in [0.2, 0.25) is 0 Å². The highest BCUT2D eigenvalue weighted by molar-refractivity contribution is 5.81. The number of fused-ring (bicyclic) bond motifs is 3. The van der Waals surface area contributed by atoms with Crippen molar-refractivity contribution < 1.29 is 24.2 Å². The number of benzene rings is 2. The van der Waals surface area contributed by atoms with E-state index in [-0.39, 0.29) is 19.1 Å². The molecule has 0 unspecified atom stereocenters. The van der Waals surface area contributed by atoms with Crippen LogP contribution in [0, 0.1) is 5.92 Å². The molecule has 0 aliphatic heterocycles. The van der Waals surface area contributed by atoms with Crippen molar-refractivity contribution in [1.82, 2.24) is 4.90 Å². The van der Waals surface area contributed by atoms with Crippen molar-refractivity contribution in [3.63, 3.8) is 0 Å². The van der Waals surface area contributed by atoms with Crippen molar-refractivity contribution in [3.8, 4) is 11.1 Å². The zero-order valence-electron chi connectivity index (χ0n) is 17.7. The van der Waals surface area contributed by atoms with Crippen LogP contribution in [0.4, 0.5) is 4.79 Å². The Morgan fingerprint density at radius 3 is 2.13 bits per heavy atom. The first-order valence-electron chi connectivity index (χ1n) is 10.3. The third-order valence-electron chi connectivity index (χ3n) is 5.49. The molecule has 30 heavy (non-hydrogen) atoms. The number of nitrogens with zero attached hydrogens (tertiary/aromatic N) is 1. The molecular weight excluding hydrogens is 382 g/mol. The maximum absolute atomic E-state index is 12.6. The molecule has 0 heterocycles. The number of carboxylic acids is 1. The third-order valence-corrected chi connectivity index (χ3v) is 5.49. The molecule has 0 fully saturated rings. The van der Waals surface area contributed by atoms with E-state index < -0.39 is 18.1 Å². The zero-order valence-corrected chi connectivity index (χ0v) is 17.7. The number of carbonyl (C=O) groups excluding carboxylic acids is 1. The minimum absolute atomic E-state index is 0.0667. The molecule has 2 aromatic rings. The molecule has 1 aliphatic carbocycles. The van der Waals surface area contributed by atoms with Crippen LogP contribution in [0.3, 0.4) is 0 Å². The summed E-state index contributed by atoms with van der Waals surface area (Å²) in [7, 11) is 1.43. The minimum atomic E-state index is -1.12. The first-order valence-corrected chi connectivity index (χ1v) is 10.3. The van der Waals surface area contributed by atoms with Gasteiger partial charge in [-0.2, -0.15) is 0 Å². The van der Waals surface area contributed by atoms with Gasteiger partial charge in [-0.1, -0.05) is 62.4 Å². The van der Waals surface area contributed by atoms with Crippen molar-refractivity contribution >= 4 is 12.1 Å². The Balaban J connectivity index is 1.63. The van der Waals surface area contributed by atoms with Gasteiger partial charge in [-0.05, 0) is 34.6 Å². The number of rotatable bonds is 9. The molecule has 1 amide bonds. The molecule has 1 N–H and O–H groups in total. The number of hydrogen-bond donors (Lipinski definition) is 1. The van der Waals surface area contributed by atoms with Crippen LogP contribution < -0.4 is 0 Å². The molecule has 2 aromatic carbocycles. The fraction of sp³-hybridized carbons (Fsp3) is 0.417. The van der Waals surface area contributed by atoms with Gasteiger partial charge in [-0.25, -0.2) is 9.59 Å². The van der Waals surface area contributed by atoms with E-state index in [4.69, 9.17) is 9.47 Å². The highest BCUT2D eigenvalue weighted by Gasteiger charge is 2.32. The highest BCUT2D eigenvalue weighted by Crippen LogP contribution is 2.44. The maximum atomic E-state index is 12.6.